The van der Waals surface area contributed by atoms with Gasteiger partial charge >= 0.3 is 0 Å². The summed E-state index contributed by atoms with van der Waals surface area (Å²) in [4.78, 5) is 26.5. The van der Waals surface area contributed by atoms with Gasteiger partial charge in [0.2, 0.25) is 11.8 Å². The molecule has 0 saturated carbocycles. The van der Waals surface area contributed by atoms with Crippen molar-refractivity contribution in [1.29, 1.82) is 0 Å². The Balaban J connectivity index is 1.40. The smallest absolute Gasteiger partial charge is 0.226 e. The molecule has 1 atom stereocenters. The molecule has 2 heterocycles. The zero-order chi connectivity index (χ0) is 16.8. The van der Waals surface area contributed by atoms with E-state index < -0.39 is 0 Å². The summed E-state index contributed by atoms with van der Waals surface area (Å²) in [6, 6.07) is 9.81. The van der Waals surface area contributed by atoms with Crippen molar-refractivity contribution in [2.75, 3.05) is 26.2 Å². The van der Waals surface area contributed by atoms with E-state index in [9.17, 15) is 9.59 Å². The number of benzene rings is 1. The van der Waals surface area contributed by atoms with Crippen molar-refractivity contribution in [1.82, 2.24) is 10.2 Å². The minimum atomic E-state index is 0.0205. The molecule has 130 valence electrons. The van der Waals surface area contributed by atoms with Crippen LogP contribution in [0.2, 0.25) is 0 Å². The van der Waals surface area contributed by atoms with Crippen LogP contribution in [0.25, 0.3) is 0 Å². The lowest BCUT2D eigenvalue weighted by molar-refractivity contribution is -0.135. The fourth-order valence-corrected chi connectivity index (χ4v) is 3.44. The molecule has 0 radical (unpaired) electrons. The Hall–Kier alpha value is -1.88. The topological polar surface area (TPSA) is 58.6 Å². The van der Waals surface area contributed by atoms with Gasteiger partial charge in [0, 0.05) is 32.2 Å². The molecule has 5 heteroatoms. The van der Waals surface area contributed by atoms with Gasteiger partial charge in [-0.3, -0.25) is 9.59 Å². The van der Waals surface area contributed by atoms with Gasteiger partial charge < -0.3 is 15.0 Å². The van der Waals surface area contributed by atoms with Crippen LogP contribution in [-0.4, -0.2) is 49.1 Å². The number of carbonyl (C=O) groups excluding carboxylic acids is 2. The molecular formula is C19H26N2O3. The van der Waals surface area contributed by atoms with Gasteiger partial charge in [-0.25, -0.2) is 0 Å². The van der Waals surface area contributed by atoms with Gasteiger partial charge in [-0.2, -0.15) is 0 Å². The number of likely N-dealkylation sites (tertiary alicyclic amines) is 1. The van der Waals surface area contributed by atoms with Gasteiger partial charge in [0.05, 0.1) is 12.5 Å². The summed E-state index contributed by atoms with van der Waals surface area (Å²) >= 11 is 0. The Bertz CT molecular complexity index is 547. The third-order valence-electron chi connectivity index (χ3n) is 4.94. The first-order chi connectivity index (χ1) is 11.7. The highest BCUT2D eigenvalue weighted by molar-refractivity contribution is 5.81. The number of amides is 2. The lowest BCUT2D eigenvalue weighted by atomic mass is 9.95. The minimum Gasteiger partial charge on any atom is -0.376 e. The van der Waals surface area contributed by atoms with E-state index in [0.29, 0.717) is 26.1 Å². The number of nitrogens with zero attached hydrogens (tertiary/aromatic N) is 1. The van der Waals surface area contributed by atoms with Gasteiger partial charge in [-0.05, 0) is 31.2 Å². The molecule has 1 aromatic carbocycles. The van der Waals surface area contributed by atoms with E-state index >= 15 is 0 Å². The summed E-state index contributed by atoms with van der Waals surface area (Å²) in [6.45, 7) is 2.77. The molecular weight excluding hydrogens is 304 g/mol. The van der Waals surface area contributed by atoms with E-state index in [1.165, 1.54) is 0 Å². The number of hydrogen-bond acceptors (Lipinski definition) is 3. The summed E-state index contributed by atoms with van der Waals surface area (Å²) < 4.78 is 5.53. The molecule has 2 aliphatic heterocycles. The Labute approximate surface area is 143 Å². The number of carbonyl (C=O) groups is 2. The normalized spacial score (nSPS) is 21.7. The molecule has 0 aliphatic carbocycles. The molecule has 0 aromatic heterocycles. The van der Waals surface area contributed by atoms with Crippen LogP contribution in [0.1, 0.15) is 31.2 Å². The second-order valence-electron chi connectivity index (χ2n) is 6.70. The maximum absolute atomic E-state index is 12.4. The molecule has 0 bridgehead atoms. The molecule has 5 nitrogen and oxygen atoms in total. The first-order valence-electron chi connectivity index (χ1n) is 8.93. The van der Waals surface area contributed by atoms with E-state index in [1.807, 2.05) is 35.2 Å². The predicted octanol–water partition coefficient (Wildman–Crippen LogP) is 1.76. The maximum Gasteiger partial charge on any atom is 0.226 e. The largest absolute Gasteiger partial charge is 0.376 e. The molecule has 2 amide bonds. The Morgan fingerprint density at radius 3 is 2.54 bits per heavy atom. The van der Waals surface area contributed by atoms with Crippen molar-refractivity contribution in [2.24, 2.45) is 5.92 Å². The molecule has 2 aliphatic rings. The van der Waals surface area contributed by atoms with Crippen molar-refractivity contribution in [2.45, 2.75) is 38.2 Å². The highest BCUT2D eigenvalue weighted by Gasteiger charge is 2.27. The van der Waals surface area contributed by atoms with E-state index in [4.69, 9.17) is 4.74 Å². The third-order valence-corrected chi connectivity index (χ3v) is 4.94. The molecule has 0 unspecified atom stereocenters. The molecule has 1 aromatic rings. The Kier molecular flexibility index (Phi) is 5.86. The van der Waals surface area contributed by atoms with E-state index in [2.05, 4.69) is 5.32 Å². The van der Waals surface area contributed by atoms with E-state index in [0.717, 1.165) is 37.9 Å². The van der Waals surface area contributed by atoms with Gasteiger partial charge in [0.25, 0.3) is 0 Å². The Morgan fingerprint density at radius 1 is 1.12 bits per heavy atom. The standard InChI is InChI=1S/C19H26N2O3/c22-18(13-15-5-2-1-3-6-15)21-10-8-16(9-11-21)19(23)20-14-17-7-4-12-24-17/h1-3,5-6,16-17H,4,7-14H2,(H,20,23)/t17-/m0/s1. The van der Waals surface area contributed by atoms with Crippen LogP contribution in [0.15, 0.2) is 30.3 Å². The number of rotatable bonds is 5. The second kappa shape index (κ2) is 8.29. The molecule has 2 fully saturated rings. The molecule has 0 spiro atoms. The van der Waals surface area contributed by atoms with Gasteiger partial charge in [0.15, 0.2) is 0 Å². The van der Waals surface area contributed by atoms with Crippen molar-refractivity contribution in [3.05, 3.63) is 35.9 Å². The van der Waals surface area contributed by atoms with Crippen LogP contribution in [0.3, 0.4) is 0 Å². The van der Waals surface area contributed by atoms with Crippen LogP contribution >= 0.6 is 0 Å². The van der Waals surface area contributed by atoms with E-state index in [1.54, 1.807) is 0 Å². The quantitative estimate of drug-likeness (QED) is 0.895. The van der Waals surface area contributed by atoms with Crippen LogP contribution in [-0.2, 0) is 20.7 Å². The average Bonchev–Trinajstić information content (AvgIpc) is 3.14. The Morgan fingerprint density at radius 2 is 1.88 bits per heavy atom. The third kappa shape index (κ3) is 4.57. The van der Waals surface area contributed by atoms with Crippen molar-refractivity contribution < 1.29 is 14.3 Å². The monoisotopic (exact) mass is 330 g/mol. The van der Waals surface area contributed by atoms with E-state index in [-0.39, 0.29) is 23.8 Å². The molecule has 3 rings (SSSR count). The predicted molar refractivity (Wildman–Crippen MR) is 91.4 cm³/mol. The fourth-order valence-electron chi connectivity index (χ4n) is 3.44. The summed E-state index contributed by atoms with van der Waals surface area (Å²) in [6.07, 6.45) is 4.24. The lowest BCUT2D eigenvalue weighted by Gasteiger charge is -2.31. The van der Waals surface area contributed by atoms with Crippen molar-refractivity contribution in [3.63, 3.8) is 0 Å². The van der Waals surface area contributed by atoms with Gasteiger partial charge in [-0.1, -0.05) is 30.3 Å². The highest BCUT2D eigenvalue weighted by atomic mass is 16.5. The summed E-state index contributed by atoms with van der Waals surface area (Å²) in [5.74, 6) is 0.284. The molecule has 24 heavy (non-hydrogen) atoms. The van der Waals surface area contributed by atoms with Crippen LogP contribution < -0.4 is 5.32 Å². The highest BCUT2D eigenvalue weighted by Crippen LogP contribution is 2.19. The van der Waals surface area contributed by atoms with Crippen LogP contribution in [0.4, 0.5) is 0 Å². The second-order valence-corrected chi connectivity index (χ2v) is 6.70. The lowest BCUT2D eigenvalue weighted by Crippen LogP contribution is -2.44. The molecule has 1 N–H and O–H groups in total. The van der Waals surface area contributed by atoms with Crippen LogP contribution in [0, 0.1) is 5.92 Å². The van der Waals surface area contributed by atoms with Crippen molar-refractivity contribution in [3.8, 4) is 0 Å². The van der Waals surface area contributed by atoms with Gasteiger partial charge in [-0.15, -0.1) is 0 Å². The number of hydrogen-bond donors (Lipinski definition) is 1. The zero-order valence-electron chi connectivity index (χ0n) is 14.1. The summed E-state index contributed by atoms with van der Waals surface area (Å²) in [5, 5.41) is 3.01. The van der Waals surface area contributed by atoms with Crippen LogP contribution in [0.5, 0.6) is 0 Å². The minimum absolute atomic E-state index is 0.0205. The van der Waals surface area contributed by atoms with Crippen molar-refractivity contribution >= 4 is 11.8 Å². The number of nitrogens with one attached hydrogen (secondary N) is 1. The fraction of sp³-hybridized carbons (Fsp3) is 0.579. The summed E-state index contributed by atoms with van der Waals surface area (Å²) in [7, 11) is 0. The SMILES string of the molecule is O=C(NC[C@@H]1CCCO1)C1CCN(C(=O)Cc2ccccc2)CC1. The molecule has 2 saturated heterocycles. The number of piperidine rings is 1. The van der Waals surface area contributed by atoms with Gasteiger partial charge in [0.1, 0.15) is 0 Å². The first kappa shape index (κ1) is 17.0. The summed E-state index contributed by atoms with van der Waals surface area (Å²) in [5.41, 5.74) is 1.04. The first-order valence-corrected chi connectivity index (χ1v) is 8.93. The average molecular weight is 330 g/mol. The maximum atomic E-state index is 12.4. The number of ether oxygens (including phenoxy) is 1. The zero-order valence-corrected chi connectivity index (χ0v) is 14.1.